The zero-order valence-corrected chi connectivity index (χ0v) is 12.2. The topological polar surface area (TPSA) is 91.4 Å². The van der Waals surface area contributed by atoms with Crippen molar-refractivity contribution in [1.29, 1.82) is 0 Å². The van der Waals surface area contributed by atoms with E-state index in [0.717, 1.165) is 0 Å². The third-order valence-electron chi connectivity index (χ3n) is 2.90. The molecule has 22 heavy (non-hydrogen) atoms. The van der Waals surface area contributed by atoms with E-state index in [1.54, 1.807) is 12.1 Å². The number of esters is 1. The number of pyridine rings is 1. The summed E-state index contributed by atoms with van der Waals surface area (Å²) in [5.41, 5.74) is 0.713. The first kappa shape index (κ1) is 14.2. The van der Waals surface area contributed by atoms with Crippen molar-refractivity contribution in [2.45, 2.75) is 6.54 Å². The number of hydrogen-bond donors (Lipinski definition) is 0. The first-order valence-corrected chi connectivity index (χ1v) is 6.60. The fourth-order valence-corrected chi connectivity index (χ4v) is 2.09. The molecular weight excluding hydrogens is 310 g/mol. The van der Waals surface area contributed by atoms with Gasteiger partial charge in [0, 0.05) is 12.3 Å². The monoisotopic (exact) mass is 319 g/mol. The van der Waals surface area contributed by atoms with E-state index in [9.17, 15) is 9.59 Å². The Hall–Kier alpha value is -2.74. The van der Waals surface area contributed by atoms with Crippen LogP contribution in [0.2, 0.25) is 5.02 Å². The molecule has 0 saturated heterocycles. The molecule has 9 heteroatoms. The van der Waals surface area contributed by atoms with Crippen molar-refractivity contribution in [3.05, 3.63) is 57.6 Å². The maximum atomic E-state index is 12.0. The van der Waals surface area contributed by atoms with Crippen LogP contribution in [0.3, 0.4) is 0 Å². The van der Waals surface area contributed by atoms with E-state index in [1.807, 2.05) is 0 Å². The van der Waals surface area contributed by atoms with Crippen molar-refractivity contribution in [2.24, 2.45) is 0 Å². The van der Waals surface area contributed by atoms with Crippen molar-refractivity contribution in [3.8, 4) is 0 Å². The molecule has 0 aliphatic heterocycles. The van der Waals surface area contributed by atoms with Gasteiger partial charge in [0.15, 0.2) is 0 Å². The Kier molecular flexibility index (Phi) is 3.60. The molecule has 3 rings (SSSR count). The van der Waals surface area contributed by atoms with Gasteiger partial charge < -0.3 is 4.74 Å². The first-order chi connectivity index (χ1) is 10.6. The van der Waals surface area contributed by atoms with E-state index >= 15 is 0 Å². The summed E-state index contributed by atoms with van der Waals surface area (Å²) in [6.45, 7) is 0.207. The summed E-state index contributed by atoms with van der Waals surface area (Å²) in [4.78, 5) is 31.5. The van der Waals surface area contributed by atoms with E-state index in [0.29, 0.717) is 16.4 Å². The second-order valence-corrected chi connectivity index (χ2v) is 4.86. The first-order valence-electron chi connectivity index (χ1n) is 6.22. The number of rotatable bonds is 3. The van der Waals surface area contributed by atoms with Gasteiger partial charge in [-0.15, -0.1) is 5.10 Å². The Balaban J connectivity index is 1.94. The highest BCUT2D eigenvalue weighted by Crippen LogP contribution is 2.08. The smallest absolute Gasteiger partial charge is 0.377 e. The van der Waals surface area contributed by atoms with Gasteiger partial charge in [0.2, 0.25) is 0 Å². The summed E-state index contributed by atoms with van der Waals surface area (Å²) >= 11 is 5.85. The van der Waals surface area contributed by atoms with Gasteiger partial charge in [0.1, 0.15) is 12.0 Å². The number of aromatic nitrogens is 5. The van der Waals surface area contributed by atoms with Crippen LogP contribution < -0.4 is 5.56 Å². The van der Waals surface area contributed by atoms with Gasteiger partial charge in [-0.2, -0.15) is 0 Å². The van der Waals surface area contributed by atoms with Gasteiger partial charge in [0.05, 0.1) is 24.4 Å². The van der Waals surface area contributed by atoms with E-state index in [4.69, 9.17) is 11.6 Å². The maximum Gasteiger partial charge on any atom is 0.377 e. The molecular formula is C13H10ClN5O3. The number of carbonyl (C=O) groups excluding carboxylic acids is 1. The van der Waals surface area contributed by atoms with Crippen LogP contribution >= 0.6 is 11.6 Å². The summed E-state index contributed by atoms with van der Waals surface area (Å²) in [7, 11) is 1.25. The SMILES string of the molecule is COC(=O)c1ncn(Cc2cc(=O)n3cc(Cl)ccc3n2)n1. The Morgan fingerprint density at radius 1 is 1.41 bits per heavy atom. The highest BCUT2D eigenvalue weighted by atomic mass is 35.5. The van der Waals surface area contributed by atoms with Crippen LogP contribution in [0.1, 0.15) is 16.3 Å². The number of nitrogens with zero attached hydrogens (tertiary/aromatic N) is 5. The van der Waals surface area contributed by atoms with Crippen molar-refractivity contribution in [1.82, 2.24) is 24.1 Å². The third kappa shape index (κ3) is 2.68. The van der Waals surface area contributed by atoms with Gasteiger partial charge in [0.25, 0.3) is 11.4 Å². The molecule has 0 aromatic carbocycles. The molecule has 0 radical (unpaired) electrons. The Morgan fingerprint density at radius 2 is 2.23 bits per heavy atom. The lowest BCUT2D eigenvalue weighted by atomic mass is 10.3. The molecule has 0 fully saturated rings. The molecule has 0 spiro atoms. The van der Waals surface area contributed by atoms with Gasteiger partial charge in [-0.25, -0.2) is 19.4 Å². The minimum atomic E-state index is -0.625. The number of halogens is 1. The maximum absolute atomic E-state index is 12.0. The van der Waals surface area contributed by atoms with Crippen molar-refractivity contribution in [3.63, 3.8) is 0 Å². The Labute approximate surface area is 128 Å². The summed E-state index contributed by atoms with van der Waals surface area (Å²) in [5.74, 6) is -0.674. The zero-order chi connectivity index (χ0) is 15.7. The normalized spacial score (nSPS) is 10.8. The summed E-state index contributed by atoms with van der Waals surface area (Å²) in [5, 5.41) is 4.41. The van der Waals surface area contributed by atoms with Crippen molar-refractivity contribution in [2.75, 3.05) is 7.11 Å². The average molecular weight is 320 g/mol. The van der Waals surface area contributed by atoms with E-state index in [2.05, 4.69) is 19.8 Å². The molecule has 0 aliphatic rings. The molecule has 0 unspecified atom stereocenters. The van der Waals surface area contributed by atoms with E-state index in [1.165, 1.54) is 34.8 Å². The number of hydrogen-bond acceptors (Lipinski definition) is 6. The lowest BCUT2D eigenvalue weighted by molar-refractivity contribution is 0.0586. The van der Waals surface area contributed by atoms with Crippen LogP contribution in [-0.4, -0.2) is 37.2 Å². The van der Waals surface area contributed by atoms with Gasteiger partial charge >= 0.3 is 5.97 Å². The molecule has 8 nitrogen and oxygen atoms in total. The Morgan fingerprint density at radius 3 is 3.00 bits per heavy atom. The summed E-state index contributed by atoms with van der Waals surface area (Å²) in [6, 6.07) is 4.68. The zero-order valence-electron chi connectivity index (χ0n) is 11.4. The van der Waals surface area contributed by atoms with Gasteiger partial charge in [-0.1, -0.05) is 11.6 Å². The van der Waals surface area contributed by atoms with Crippen molar-refractivity contribution >= 4 is 23.2 Å². The van der Waals surface area contributed by atoms with Crippen LogP contribution in [-0.2, 0) is 11.3 Å². The minimum Gasteiger partial charge on any atom is -0.463 e. The molecule has 0 bridgehead atoms. The fourth-order valence-electron chi connectivity index (χ4n) is 1.93. The van der Waals surface area contributed by atoms with Crippen LogP contribution in [0, 0.1) is 0 Å². The van der Waals surface area contributed by atoms with Crippen LogP contribution in [0.4, 0.5) is 0 Å². The second-order valence-electron chi connectivity index (χ2n) is 4.42. The molecule has 112 valence electrons. The molecule has 3 aromatic heterocycles. The lowest BCUT2D eigenvalue weighted by Gasteiger charge is -2.04. The predicted octanol–water partition coefficient (Wildman–Crippen LogP) is 0.774. The predicted molar refractivity (Wildman–Crippen MR) is 76.9 cm³/mol. The van der Waals surface area contributed by atoms with E-state index < -0.39 is 5.97 Å². The Bertz CT molecular complexity index is 917. The highest BCUT2D eigenvalue weighted by Gasteiger charge is 2.12. The fraction of sp³-hybridized carbons (Fsp3) is 0.154. The number of fused-ring (bicyclic) bond motifs is 1. The van der Waals surface area contributed by atoms with Crippen molar-refractivity contribution < 1.29 is 9.53 Å². The van der Waals surface area contributed by atoms with Gasteiger partial charge in [-0.05, 0) is 12.1 Å². The van der Waals surface area contributed by atoms with Crippen LogP contribution in [0.5, 0.6) is 0 Å². The van der Waals surface area contributed by atoms with Gasteiger partial charge in [-0.3, -0.25) is 9.20 Å². The molecule has 0 atom stereocenters. The molecule has 0 aliphatic carbocycles. The molecule has 0 amide bonds. The van der Waals surface area contributed by atoms with Crippen LogP contribution in [0.25, 0.3) is 5.65 Å². The third-order valence-corrected chi connectivity index (χ3v) is 3.13. The second kappa shape index (κ2) is 5.57. The minimum absolute atomic E-state index is 0.0493. The number of carbonyl (C=O) groups is 1. The average Bonchev–Trinajstić information content (AvgIpc) is 2.96. The lowest BCUT2D eigenvalue weighted by Crippen LogP contribution is -2.17. The number of ether oxygens (including phenoxy) is 1. The summed E-state index contributed by atoms with van der Waals surface area (Å²) in [6.07, 6.45) is 2.87. The number of methoxy groups -OCH3 is 1. The molecule has 0 N–H and O–H groups in total. The highest BCUT2D eigenvalue weighted by molar-refractivity contribution is 6.30. The molecule has 3 heterocycles. The quantitative estimate of drug-likeness (QED) is 0.662. The molecule has 0 saturated carbocycles. The molecule has 3 aromatic rings. The van der Waals surface area contributed by atoms with E-state index in [-0.39, 0.29) is 17.9 Å². The summed E-state index contributed by atoms with van der Waals surface area (Å²) < 4.78 is 7.29. The standard InChI is InChI=1S/C13H10ClN5O3/c1-22-13(21)12-15-7-18(17-12)6-9-4-11(20)19-5-8(14)2-3-10(19)16-9/h2-5,7H,6H2,1H3. The van der Waals surface area contributed by atoms with Crippen LogP contribution in [0.15, 0.2) is 35.5 Å². The largest absolute Gasteiger partial charge is 0.463 e.